The lowest BCUT2D eigenvalue weighted by atomic mass is 10.5. The van der Waals surface area contributed by atoms with Gasteiger partial charge in [0.1, 0.15) is 0 Å². The van der Waals surface area contributed by atoms with E-state index in [2.05, 4.69) is 5.32 Å². The molecule has 4 nitrogen and oxygen atoms in total. The van der Waals surface area contributed by atoms with Gasteiger partial charge in [-0.3, -0.25) is 0 Å². The Morgan fingerprint density at radius 1 is 1.73 bits per heavy atom. The van der Waals surface area contributed by atoms with Gasteiger partial charge in [-0.1, -0.05) is 0 Å². The molecule has 64 valence electrons. The second-order valence-electron chi connectivity index (χ2n) is 2.77. The maximum Gasteiger partial charge on any atom is 0.317 e. The summed E-state index contributed by atoms with van der Waals surface area (Å²) in [4.78, 5) is 12.9. The third-order valence-electron chi connectivity index (χ3n) is 1.83. The highest BCUT2D eigenvalue weighted by Crippen LogP contribution is 2.26. The first-order valence-corrected chi connectivity index (χ1v) is 3.98. The van der Waals surface area contributed by atoms with Crippen LogP contribution in [0.3, 0.4) is 0 Å². The van der Waals surface area contributed by atoms with Gasteiger partial charge in [0.05, 0.1) is 0 Å². The van der Waals surface area contributed by atoms with Crippen molar-refractivity contribution in [2.45, 2.75) is 18.9 Å². The Labute approximate surface area is 66.7 Å². The zero-order chi connectivity index (χ0) is 8.27. The molecule has 1 fully saturated rings. The average molecular weight is 157 g/mol. The molecule has 0 aliphatic heterocycles. The van der Waals surface area contributed by atoms with Gasteiger partial charge < -0.3 is 16.0 Å². The van der Waals surface area contributed by atoms with Gasteiger partial charge >= 0.3 is 6.03 Å². The van der Waals surface area contributed by atoms with Crippen molar-refractivity contribution in [1.29, 1.82) is 0 Å². The molecule has 0 aromatic heterocycles. The number of hydrogen-bond donors (Lipinski definition) is 2. The molecule has 0 aromatic rings. The lowest BCUT2D eigenvalue weighted by molar-refractivity contribution is 0.199. The summed E-state index contributed by atoms with van der Waals surface area (Å²) in [6.45, 7) is 1.22. The minimum atomic E-state index is -0.00190. The van der Waals surface area contributed by atoms with Gasteiger partial charge in [0.15, 0.2) is 0 Å². The van der Waals surface area contributed by atoms with Gasteiger partial charge in [-0.2, -0.15) is 0 Å². The fourth-order valence-corrected chi connectivity index (χ4v) is 1.12. The minimum absolute atomic E-state index is 0.00190. The second-order valence-corrected chi connectivity index (χ2v) is 2.77. The molecule has 1 saturated carbocycles. The van der Waals surface area contributed by atoms with E-state index in [1.54, 1.807) is 11.9 Å². The summed E-state index contributed by atoms with van der Waals surface area (Å²) >= 11 is 0. The van der Waals surface area contributed by atoms with Gasteiger partial charge in [0, 0.05) is 26.2 Å². The number of carbonyl (C=O) groups is 1. The Morgan fingerprint density at radius 2 is 2.36 bits per heavy atom. The zero-order valence-corrected chi connectivity index (χ0v) is 6.84. The van der Waals surface area contributed by atoms with Crippen LogP contribution in [0, 0.1) is 0 Å². The molecule has 0 radical (unpaired) electrons. The molecule has 1 aliphatic rings. The molecule has 0 atom stereocenters. The van der Waals surface area contributed by atoms with Crippen LogP contribution in [0.15, 0.2) is 0 Å². The van der Waals surface area contributed by atoms with E-state index in [1.165, 1.54) is 0 Å². The number of hydrogen-bond acceptors (Lipinski definition) is 2. The quantitative estimate of drug-likeness (QED) is 0.593. The number of nitrogens with two attached hydrogens (primary N) is 1. The lowest BCUT2D eigenvalue weighted by Crippen LogP contribution is -2.42. The molecule has 0 bridgehead atoms. The predicted molar refractivity (Wildman–Crippen MR) is 43.2 cm³/mol. The van der Waals surface area contributed by atoms with E-state index in [0.717, 1.165) is 12.8 Å². The standard InChI is InChI=1S/C7H15N3O/c1-9-7(11)10(5-4-8)6-2-3-6/h6H,2-5,8H2,1H3,(H,9,11). The van der Waals surface area contributed by atoms with Crippen LogP contribution in [0.25, 0.3) is 0 Å². The summed E-state index contributed by atoms with van der Waals surface area (Å²) in [5, 5.41) is 2.60. The summed E-state index contributed by atoms with van der Waals surface area (Å²) in [6.07, 6.45) is 2.26. The van der Waals surface area contributed by atoms with E-state index in [0.29, 0.717) is 19.1 Å². The minimum Gasteiger partial charge on any atom is -0.341 e. The molecule has 1 rings (SSSR count). The Balaban J connectivity index is 2.37. The molecule has 0 unspecified atom stereocenters. The van der Waals surface area contributed by atoms with Crippen molar-refractivity contribution < 1.29 is 4.79 Å². The Bertz CT molecular complexity index is 145. The van der Waals surface area contributed by atoms with Crippen LogP contribution in [0.5, 0.6) is 0 Å². The average Bonchev–Trinajstić information content (AvgIpc) is 2.81. The third kappa shape index (κ3) is 2.08. The summed E-state index contributed by atoms with van der Waals surface area (Å²) in [5.41, 5.74) is 5.37. The molecule has 0 saturated heterocycles. The summed E-state index contributed by atoms with van der Waals surface area (Å²) in [5.74, 6) is 0. The maximum absolute atomic E-state index is 11.1. The predicted octanol–water partition coefficient (Wildman–Crippen LogP) is -0.251. The third-order valence-corrected chi connectivity index (χ3v) is 1.83. The van der Waals surface area contributed by atoms with Crippen molar-refractivity contribution in [2.24, 2.45) is 5.73 Å². The Kier molecular flexibility index (Phi) is 2.70. The highest BCUT2D eigenvalue weighted by atomic mass is 16.2. The fourth-order valence-electron chi connectivity index (χ4n) is 1.12. The Hall–Kier alpha value is -0.770. The smallest absolute Gasteiger partial charge is 0.317 e. The highest BCUT2D eigenvalue weighted by molar-refractivity contribution is 5.74. The number of urea groups is 1. The van der Waals surface area contributed by atoms with Gasteiger partial charge in [-0.25, -0.2) is 4.79 Å². The molecule has 11 heavy (non-hydrogen) atoms. The van der Waals surface area contributed by atoms with Crippen molar-refractivity contribution >= 4 is 6.03 Å². The fraction of sp³-hybridized carbons (Fsp3) is 0.857. The van der Waals surface area contributed by atoms with Crippen LogP contribution in [-0.2, 0) is 0 Å². The number of carbonyl (C=O) groups excluding carboxylic acids is 1. The van der Waals surface area contributed by atoms with Crippen molar-refractivity contribution in [3.8, 4) is 0 Å². The molecular weight excluding hydrogens is 142 g/mol. The van der Waals surface area contributed by atoms with E-state index in [9.17, 15) is 4.79 Å². The first kappa shape index (κ1) is 8.33. The van der Waals surface area contributed by atoms with Gasteiger partial charge in [-0.05, 0) is 12.8 Å². The number of amides is 2. The van der Waals surface area contributed by atoms with Crippen LogP contribution >= 0.6 is 0 Å². The normalized spacial score (nSPS) is 16.2. The van der Waals surface area contributed by atoms with Crippen molar-refractivity contribution in [3.05, 3.63) is 0 Å². The lowest BCUT2D eigenvalue weighted by Gasteiger charge is -2.20. The van der Waals surface area contributed by atoms with Gasteiger partial charge in [0.2, 0.25) is 0 Å². The maximum atomic E-state index is 11.1. The molecule has 4 heteroatoms. The molecule has 1 aliphatic carbocycles. The van der Waals surface area contributed by atoms with Crippen molar-refractivity contribution in [1.82, 2.24) is 10.2 Å². The summed E-state index contributed by atoms with van der Waals surface area (Å²) in [7, 11) is 1.65. The first-order chi connectivity index (χ1) is 5.29. The van der Waals surface area contributed by atoms with Crippen LogP contribution < -0.4 is 11.1 Å². The molecule has 2 amide bonds. The topological polar surface area (TPSA) is 58.4 Å². The number of nitrogens with one attached hydrogen (secondary N) is 1. The number of rotatable bonds is 3. The summed E-state index contributed by atoms with van der Waals surface area (Å²) < 4.78 is 0. The van der Waals surface area contributed by atoms with E-state index < -0.39 is 0 Å². The van der Waals surface area contributed by atoms with Crippen molar-refractivity contribution in [2.75, 3.05) is 20.1 Å². The van der Waals surface area contributed by atoms with Crippen LogP contribution in [0.1, 0.15) is 12.8 Å². The highest BCUT2D eigenvalue weighted by Gasteiger charge is 2.31. The van der Waals surface area contributed by atoms with Crippen molar-refractivity contribution in [3.63, 3.8) is 0 Å². The molecular formula is C7H15N3O. The number of nitrogens with zero attached hydrogens (tertiary/aromatic N) is 1. The largest absolute Gasteiger partial charge is 0.341 e. The van der Waals surface area contributed by atoms with E-state index in [1.807, 2.05) is 0 Å². The van der Waals surface area contributed by atoms with E-state index >= 15 is 0 Å². The first-order valence-electron chi connectivity index (χ1n) is 3.98. The van der Waals surface area contributed by atoms with Crippen LogP contribution in [-0.4, -0.2) is 37.1 Å². The zero-order valence-electron chi connectivity index (χ0n) is 6.84. The van der Waals surface area contributed by atoms with Gasteiger partial charge in [0.25, 0.3) is 0 Å². The van der Waals surface area contributed by atoms with Crippen LogP contribution in [0.2, 0.25) is 0 Å². The van der Waals surface area contributed by atoms with Crippen LogP contribution in [0.4, 0.5) is 4.79 Å². The van der Waals surface area contributed by atoms with Gasteiger partial charge in [-0.15, -0.1) is 0 Å². The SMILES string of the molecule is CNC(=O)N(CCN)C1CC1. The second kappa shape index (κ2) is 3.57. The Morgan fingerprint density at radius 3 is 2.73 bits per heavy atom. The molecule has 0 aromatic carbocycles. The van der Waals surface area contributed by atoms with E-state index in [-0.39, 0.29) is 6.03 Å². The molecule has 0 heterocycles. The molecule has 0 spiro atoms. The summed E-state index contributed by atoms with van der Waals surface area (Å²) in [6, 6.07) is 0.455. The monoisotopic (exact) mass is 157 g/mol. The van der Waals surface area contributed by atoms with E-state index in [4.69, 9.17) is 5.73 Å². The molecule has 3 N–H and O–H groups in total.